The molecule has 1 rings (SSSR count). The minimum atomic E-state index is 0.782. The van der Waals surface area contributed by atoms with Crippen molar-refractivity contribution in [3.63, 3.8) is 0 Å². The third kappa shape index (κ3) is 7.36. The standard InChI is InChI=1S/C16H28N2O2/c1-3-4-14-20-16-9-6-5-8-15(16)18-12-11-17-10-7-13-19-2/h5-6,8-9,17-18H,3-4,7,10-14H2,1-2H3. The number of nitrogens with one attached hydrogen (secondary N) is 2. The van der Waals surface area contributed by atoms with Crippen molar-refractivity contribution in [2.75, 3.05) is 45.3 Å². The Hall–Kier alpha value is -1.26. The normalized spacial score (nSPS) is 10.5. The first-order chi connectivity index (χ1) is 9.88. The summed E-state index contributed by atoms with van der Waals surface area (Å²) in [5.41, 5.74) is 1.07. The molecule has 20 heavy (non-hydrogen) atoms. The Balaban J connectivity index is 2.21. The molecule has 0 saturated carbocycles. The van der Waals surface area contributed by atoms with E-state index >= 15 is 0 Å². The smallest absolute Gasteiger partial charge is 0.142 e. The summed E-state index contributed by atoms with van der Waals surface area (Å²) in [5.74, 6) is 0.945. The van der Waals surface area contributed by atoms with Crippen LogP contribution in [0.4, 0.5) is 5.69 Å². The summed E-state index contributed by atoms with van der Waals surface area (Å²) in [6, 6.07) is 8.12. The lowest BCUT2D eigenvalue weighted by molar-refractivity contribution is 0.194. The molecule has 2 N–H and O–H groups in total. The summed E-state index contributed by atoms with van der Waals surface area (Å²) in [4.78, 5) is 0. The molecule has 0 spiro atoms. The van der Waals surface area contributed by atoms with Crippen LogP contribution in [-0.2, 0) is 4.74 Å². The molecule has 0 amide bonds. The molecule has 0 heterocycles. The summed E-state index contributed by atoms with van der Waals surface area (Å²) in [7, 11) is 1.73. The molecule has 0 bridgehead atoms. The van der Waals surface area contributed by atoms with Gasteiger partial charge in [0.25, 0.3) is 0 Å². The maximum absolute atomic E-state index is 5.79. The van der Waals surface area contributed by atoms with Crippen molar-refractivity contribution in [1.82, 2.24) is 5.32 Å². The van der Waals surface area contributed by atoms with Crippen molar-refractivity contribution in [2.45, 2.75) is 26.2 Å². The third-order valence-corrected chi connectivity index (χ3v) is 2.96. The van der Waals surface area contributed by atoms with Crippen LogP contribution >= 0.6 is 0 Å². The van der Waals surface area contributed by atoms with Crippen LogP contribution in [0, 0.1) is 0 Å². The number of ether oxygens (including phenoxy) is 2. The second-order valence-electron chi connectivity index (χ2n) is 4.72. The molecule has 0 aliphatic carbocycles. The zero-order chi connectivity index (χ0) is 14.5. The predicted octanol–water partition coefficient (Wildman–Crippen LogP) is 2.90. The monoisotopic (exact) mass is 280 g/mol. The summed E-state index contributed by atoms with van der Waals surface area (Å²) < 4.78 is 10.8. The molecule has 1 aromatic carbocycles. The molecule has 0 saturated heterocycles. The van der Waals surface area contributed by atoms with E-state index in [1.807, 2.05) is 18.2 Å². The van der Waals surface area contributed by atoms with Gasteiger partial charge in [-0.1, -0.05) is 25.5 Å². The quantitative estimate of drug-likeness (QED) is 0.578. The molecular weight excluding hydrogens is 252 g/mol. The Morgan fingerprint density at radius 3 is 2.65 bits per heavy atom. The topological polar surface area (TPSA) is 42.5 Å². The summed E-state index contributed by atoms with van der Waals surface area (Å²) >= 11 is 0. The van der Waals surface area contributed by atoms with Crippen LogP contribution in [-0.4, -0.2) is 40.0 Å². The molecule has 0 aliphatic rings. The van der Waals surface area contributed by atoms with E-state index in [0.29, 0.717) is 0 Å². The average Bonchev–Trinajstić information content (AvgIpc) is 2.48. The fraction of sp³-hybridized carbons (Fsp3) is 0.625. The van der Waals surface area contributed by atoms with E-state index in [4.69, 9.17) is 9.47 Å². The fourth-order valence-corrected chi connectivity index (χ4v) is 1.82. The number of para-hydroxylation sites is 2. The van der Waals surface area contributed by atoms with E-state index in [1.165, 1.54) is 0 Å². The van der Waals surface area contributed by atoms with Crippen molar-refractivity contribution in [2.24, 2.45) is 0 Å². The lowest BCUT2D eigenvalue weighted by atomic mass is 10.3. The van der Waals surface area contributed by atoms with Gasteiger partial charge >= 0.3 is 0 Å². The predicted molar refractivity (Wildman–Crippen MR) is 84.7 cm³/mol. The van der Waals surface area contributed by atoms with E-state index in [2.05, 4.69) is 23.6 Å². The Bertz CT molecular complexity index is 345. The number of methoxy groups -OCH3 is 1. The minimum Gasteiger partial charge on any atom is -0.491 e. The van der Waals surface area contributed by atoms with E-state index in [1.54, 1.807) is 7.11 Å². The number of hydrogen-bond donors (Lipinski definition) is 2. The van der Waals surface area contributed by atoms with Crippen molar-refractivity contribution in [3.05, 3.63) is 24.3 Å². The second kappa shape index (κ2) is 11.6. The van der Waals surface area contributed by atoms with Gasteiger partial charge < -0.3 is 20.1 Å². The number of hydrogen-bond acceptors (Lipinski definition) is 4. The maximum Gasteiger partial charge on any atom is 0.142 e. The molecule has 0 atom stereocenters. The van der Waals surface area contributed by atoms with Gasteiger partial charge in [0.2, 0.25) is 0 Å². The molecule has 0 aliphatic heterocycles. The first-order valence-electron chi connectivity index (χ1n) is 7.53. The van der Waals surface area contributed by atoms with Crippen LogP contribution < -0.4 is 15.4 Å². The van der Waals surface area contributed by atoms with Crippen molar-refractivity contribution < 1.29 is 9.47 Å². The Kier molecular flexibility index (Phi) is 9.70. The first kappa shape index (κ1) is 16.8. The van der Waals surface area contributed by atoms with Crippen molar-refractivity contribution >= 4 is 5.69 Å². The van der Waals surface area contributed by atoms with E-state index in [9.17, 15) is 0 Å². The average molecular weight is 280 g/mol. The summed E-state index contributed by atoms with van der Waals surface area (Å²) in [6.07, 6.45) is 3.30. The Morgan fingerprint density at radius 1 is 1.00 bits per heavy atom. The van der Waals surface area contributed by atoms with Gasteiger partial charge in [0.15, 0.2) is 0 Å². The molecule has 0 fully saturated rings. The molecule has 0 unspecified atom stereocenters. The number of anilines is 1. The SMILES string of the molecule is CCCCOc1ccccc1NCCNCCCOC. The van der Waals surface area contributed by atoms with Gasteiger partial charge in [-0.05, 0) is 31.5 Å². The van der Waals surface area contributed by atoms with Crippen LogP contribution in [0.25, 0.3) is 0 Å². The molecule has 4 heteroatoms. The highest BCUT2D eigenvalue weighted by Crippen LogP contribution is 2.23. The molecule has 0 aromatic heterocycles. The van der Waals surface area contributed by atoms with E-state index in [-0.39, 0.29) is 0 Å². The Labute approximate surface area is 122 Å². The lowest BCUT2D eigenvalue weighted by Crippen LogP contribution is -2.24. The van der Waals surface area contributed by atoms with Crippen LogP contribution in [0.2, 0.25) is 0 Å². The van der Waals surface area contributed by atoms with Gasteiger partial charge in [0.1, 0.15) is 5.75 Å². The number of benzene rings is 1. The zero-order valence-corrected chi connectivity index (χ0v) is 12.8. The number of rotatable bonds is 12. The maximum atomic E-state index is 5.79. The molecule has 1 aromatic rings. The summed E-state index contributed by atoms with van der Waals surface area (Å²) in [6.45, 7) is 6.58. The van der Waals surface area contributed by atoms with Crippen LogP contribution in [0.5, 0.6) is 5.75 Å². The first-order valence-corrected chi connectivity index (χ1v) is 7.53. The fourth-order valence-electron chi connectivity index (χ4n) is 1.82. The lowest BCUT2D eigenvalue weighted by Gasteiger charge is -2.13. The van der Waals surface area contributed by atoms with Gasteiger partial charge in [-0.3, -0.25) is 0 Å². The van der Waals surface area contributed by atoms with Gasteiger partial charge in [-0.15, -0.1) is 0 Å². The molecular formula is C16H28N2O2. The minimum absolute atomic E-state index is 0.782. The third-order valence-electron chi connectivity index (χ3n) is 2.96. The van der Waals surface area contributed by atoms with E-state index in [0.717, 1.165) is 63.5 Å². The highest BCUT2D eigenvalue weighted by Gasteiger charge is 2.01. The van der Waals surface area contributed by atoms with Gasteiger partial charge in [0.05, 0.1) is 12.3 Å². The highest BCUT2D eigenvalue weighted by atomic mass is 16.5. The Morgan fingerprint density at radius 2 is 1.85 bits per heavy atom. The number of unbranched alkanes of at least 4 members (excludes halogenated alkanes) is 1. The van der Waals surface area contributed by atoms with E-state index < -0.39 is 0 Å². The van der Waals surface area contributed by atoms with Crippen molar-refractivity contribution in [1.29, 1.82) is 0 Å². The zero-order valence-electron chi connectivity index (χ0n) is 12.8. The van der Waals surface area contributed by atoms with Crippen molar-refractivity contribution in [3.8, 4) is 5.75 Å². The van der Waals surface area contributed by atoms with Crippen LogP contribution in [0.1, 0.15) is 26.2 Å². The molecule has 4 nitrogen and oxygen atoms in total. The second-order valence-corrected chi connectivity index (χ2v) is 4.72. The largest absolute Gasteiger partial charge is 0.491 e. The van der Waals surface area contributed by atoms with Crippen LogP contribution in [0.15, 0.2) is 24.3 Å². The molecule has 0 radical (unpaired) electrons. The van der Waals surface area contributed by atoms with Crippen LogP contribution in [0.3, 0.4) is 0 Å². The van der Waals surface area contributed by atoms with Gasteiger partial charge in [0, 0.05) is 26.8 Å². The van der Waals surface area contributed by atoms with Gasteiger partial charge in [-0.25, -0.2) is 0 Å². The summed E-state index contributed by atoms with van der Waals surface area (Å²) in [5, 5.41) is 6.79. The van der Waals surface area contributed by atoms with Gasteiger partial charge in [-0.2, -0.15) is 0 Å². The highest BCUT2D eigenvalue weighted by molar-refractivity contribution is 5.56. The molecule has 114 valence electrons.